The minimum absolute atomic E-state index is 0.110. The molecule has 3 heterocycles. The number of nitrogens with zero attached hydrogens (tertiary/aromatic N) is 5. The molecule has 0 radical (unpaired) electrons. The van der Waals surface area contributed by atoms with Gasteiger partial charge < -0.3 is 20.7 Å². The normalized spacial score (nSPS) is 17.5. The zero-order valence-corrected chi connectivity index (χ0v) is 23.1. The Hall–Kier alpha value is -3.92. The Kier molecular flexibility index (Phi) is 7.83. The number of fused-ring (bicyclic) bond motifs is 1. The molecule has 5 rings (SSSR count). The van der Waals surface area contributed by atoms with Crippen molar-refractivity contribution in [2.24, 2.45) is 0 Å². The molecule has 0 spiro atoms. The van der Waals surface area contributed by atoms with Crippen LogP contribution in [0, 0.1) is 0 Å². The van der Waals surface area contributed by atoms with Crippen LogP contribution in [0.25, 0.3) is 17.0 Å². The third-order valence-electron chi connectivity index (χ3n) is 6.47. The molecule has 1 amide bonds. The van der Waals surface area contributed by atoms with Crippen LogP contribution in [-0.2, 0) is 11.3 Å². The molecule has 1 saturated carbocycles. The van der Waals surface area contributed by atoms with Crippen molar-refractivity contribution in [1.29, 1.82) is 0 Å². The van der Waals surface area contributed by atoms with E-state index < -0.39 is 5.60 Å². The number of nitrogens with one attached hydrogen (secondary N) is 3. The summed E-state index contributed by atoms with van der Waals surface area (Å²) in [5, 5.41) is 10.5. The van der Waals surface area contributed by atoms with E-state index in [-0.39, 0.29) is 18.2 Å². The summed E-state index contributed by atoms with van der Waals surface area (Å²) in [5.74, 6) is 1.24. The van der Waals surface area contributed by atoms with Crippen molar-refractivity contribution < 1.29 is 9.53 Å². The van der Waals surface area contributed by atoms with Crippen LogP contribution in [0.3, 0.4) is 0 Å². The first kappa shape index (κ1) is 26.7. The molecule has 1 aliphatic rings. The molecule has 3 aromatic heterocycles. The number of aromatic nitrogens is 5. The summed E-state index contributed by atoms with van der Waals surface area (Å²) in [6.07, 6.45) is 10.4. The van der Waals surface area contributed by atoms with Crippen molar-refractivity contribution in [1.82, 2.24) is 29.7 Å². The Labute approximate surface area is 232 Å². The van der Waals surface area contributed by atoms with Crippen molar-refractivity contribution in [2.45, 2.75) is 70.7 Å². The van der Waals surface area contributed by atoms with E-state index in [4.69, 9.17) is 21.3 Å². The minimum atomic E-state index is -0.503. The van der Waals surface area contributed by atoms with Crippen LogP contribution in [0.4, 0.5) is 16.6 Å². The molecule has 0 aliphatic heterocycles. The van der Waals surface area contributed by atoms with E-state index >= 15 is 0 Å². The minimum Gasteiger partial charge on any atom is -0.444 e. The lowest BCUT2D eigenvalue weighted by Gasteiger charge is -2.30. The second kappa shape index (κ2) is 11.4. The molecule has 1 aliphatic carbocycles. The first-order valence-corrected chi connectivity index (χ1v) is 13.5. The predicted molar refractivity (Wildman–Crippen MR) is 152 cm³/mol. The maximum Gasteiger partial charge on any atom is 0.407 e. The summed E-state index contributed by atoms with van der Waals surface area (Å²) >= 11 is 6.09. The lowest BCUT2D eigenvalue weighted by Crippen LogP contribution is -2.42. The Balaban J connectivity index is 1.23. The summed E-state index contributed by atoms with van der Waals surface area (Å²) in [4.78, 5) is 30.4. The molecule has 0 atom stereocenters. The quantitative estimate of drug-likeness (QED) is 0.269. The van der Waals surface area contributed by atoms with Crippen LogP contribution in [0.1, 0.15) is 52.0 Å². The van der Waals surface area contributed by atoms with Gasteiger partial charge in [-0.3, -0.25) is 4.40 Å². The molecular formula is C28H33ClN8O2. The number of alkyl carbamates (subject to hydrolysis) is 1. The molecule has 1 fully saturated rings. The van der Waals surface area contributed by atoms with Crippen molar-refractivity contribution in [3.05, 3.63) is 65.7 Å². The molecule has 11 heteroatoms. The molecule has 0 unspecified atom stereocenters. The molecule has 0 bridgehead atoms. The Bertz CT molecular complexity index is 1440. The van der Waals surface area contributed by atoms with E-state index in [0.717, 1.165) is 54.1 Å². The van der Waals surface area contributed by atoms with Crippen LogP contribution >= 0.6 is 11.6 Å². The van der Waals surface area contributed by atoms with Gasteiger partial charge in [-0.1, -0.05) is 23.7 Å². The second-order valence-corrected chi connectivity index (χ2v) is 11.1. The predicted octanol–water partition coefficient (Wildman–Crippen LogP) is 5.70. The van der Waals surface area contributed by atoms with Gasteiger partial charge in [0.2, 0.25) is 5.95 Å². The number of carbonyl (C=O) groups is 1. The lowest BCUT2D eigenvalue weighted by molar-refractivity contribution is 0.0492. The fourth-order valence-corrected chi connectivity index (χ4v) is 4.89. The number of benzene rings is 1. The number of hydrogen-bond donors (Lipinski definition) is 3. The molecule has 10 nitrogen and oxygen atoms in total. The highest BCUT2D eigenvalue weighted by molar-refractivity contribution is 6.30. The van der Waals surface area contributed by atoms with Crippen molar-refractivity contribution in [3.8, 4) is 11.4 Å². The van der Waals surface area contributed by atoms with E-state index in [1.165, 1.54) is 0 Å². The first-order valence-electron chi connectivity index (χ1n) is 13.1. The third kappa shape index (κ3) is 6.94. The van der Waals surface area contributed by atoms with Gasteiger partial charge in [-0.2, -0.15) is 0 Å². The zero-order chi connectivity index (χ0) is 27.4. The number of carbonyl (C=O) groups excluding carboxylic acids is 1. The molecule has 39 heavy (non-hydrogen) atoms. The summed E-state index contributed by atoms with van der Waals surface area (Å²) in [7, 11) is 0. The second-order valence-electron chi connectivity index (χ2n) is 10.7. The number of amides is 1. The Morgan fingerprint density at radius 3 is 2.64 bits per heavy atom. The van der Waals surface area contributed by atoms with Gasteiger partial charge in [-0.25, -0.2) is 24.7 Å². The van der Waals surface area contributed by atoms with Gasteiger partial charge in [0.05, 0.1) is 17.6 Å². The largest absolute Gasteiger partial charge is 0.444 e. The van der Waals surface area contributed by atoms with Crippen molar-refractivity contribution >= 4 is 35.1 Å². The molecular weight excluding hydrogens is 516 g/mol. The Morgan fingerprint density at radius 2 is 1.87 bits per heavy atom. The number of hydrogen-bond acceptors (Lipinski definition) is 8. The molecule has 1 aromatic carbocycles. The highest BCUT2D eigenvalue weighted by atomic mass is 35.5. The van der Waals surface area contributed by atoms with E-state index in [1.807, 2.05) is 61.7 Å². The fourth-order valence-electron chi connectivity index (χ4n) is 4.67. The molecule has 0 saturated heterocycles. The van der Waals surface area contributed by atoms with Gasteiger partial charge in [0.15, 0.2) is 11.5 Å². The number of ether oxygens (including phenoxy) is 1. The van der Waals surface area contributed by atoms with Crippen LogP contribution < -0.4 is 16.0 Å². The summed E-state index contributed by atoms with van der Waals surface area (Å²) < 4.78 is 7.37. The van der Waals surface area contributed by atoms with Crippen molar-refractivity contribution in [3.63, 3.8) is 0 Å². The fraction of sp³-hybridized carbons (Fsp3) is 0.393. The van der Waals surface area contributed by atoms with Crippen LogP contribution in [-0.4, -0.2) is 48.1 Å². The van der Waals surface area contributed by atoms with Crippen LogP contribution in [0.2, 0.25) is 5.02 Å². The molecule has 204 valence electrons. The van der Waals surface area contributed by atoms with Gasteiger partial charge in [-0.05, 0) is 70.2 Å². The van der Waals surface area contributed by atoms with E-state index in [2.05, 4.69) is 30.9 Å². The average molecular weight is 549 g/mol. The van der Waals surface area contributed by atoms with Gasteiger partial charge in [0.25, 0.3) is 0 Å². The van der Waals surface area contributed by atoms with E-state index in [9.17, 15) is 4.79 Å². The smallest absolute Gasteiger partial charge is 0.407 e. The zero-order valence-electron chi connectivity index (χ0n) is 22.3. The monoisotopic (exact) mass is 548 g/mol. The third-order valence-corrected chi connectivity index (χ3v) is 6.71. The van der Waals surface area contributed by atoms with Crippen molar-refractivity contribution in [2.75, 3.05) is 10.6 Å². The summed E-state index contributed by atoms with van der Waals surface area (Å²) in [5.41, 5.74) is 2.86. The maximum atomic E-state index is 12.1. The maximum absolute atomic E-state index is 12.1. The average Bonchev–Trinajstić information content (AvgIpc) is 3.33. The number of halogens is 1. The number of anilines is 2. The summed E-state index contributed by atoms with van der Waals surface area (Å²) in [6.45, 7) is 6.16. The highest BCUT2D eigenvalue weighted by Gasteiger charge is 2.25. The lowest BCUT2D eigenvalue weighted by atomic mass is 9.91. The highest BCUT2D eigenvalue weighted by Crippen LogP contribution is 2.26. The Morgan fingerprint density at radius 1 is 1.08 bits per heavy atom. The van der Waals surface area contributed by atoms with Crippen LogP contribution in [0.15, 0.2) is 55.1 Å². The molecule has 4 aromatic rings. The van der Waals surface area contributed by atoms with E-state index in [1.54, 1.807) is 18.6 Å². The molecule has 3 N–H and O–H groups in total. The standard InChI is InChI=1S/C28H33ClN8O2/c1-28(2,3)39-27(38)35-21-9-7-20(8-10-21)34-24-25-32-17-23(37(25)14-13-30-24)22-11-12-31-26(36-22)33-16-18-5-4-6-19(29)15-18/h4-6,11-15,17,20-21H,7-10,16H2,1-3H3,(H,30,34)(H,35,38)(H,31,33,36). The first-order chi connectivity index (χ1) is 18.7. The van der Waals surface area contributed by atoms with Gasteiger partial charge in [0.1, 0.15) is 5.60 Å². The number of imidazole rings is 1. The van der Waals surface area contributed by atoms with Gasteiger partial charge >= 0.3 is 6.09 Å². The topological polar surface area (TPSA) is 118 Å². The summed E-state index contributed by atoms with van der Waals surface area (Å²) in [6, 6.07) is 9.88. The number of rotatable bonds is 7. The SMILES string of the molecule is CC(C)(C)OC(=O)NC1CCC(Nc2nccn3c(-c4ccnc(NCc5cccc(Cl)c5)n4)cnc23)CC1. The van der Waals surface area contributed by atoms with Crippen LogP contribution in [0.5, 0.6) is 0 Å². The van der Waals surface area contributed by atoms with Gasteiger partial charge in [-0.15, -0.1) is 0 Å². The van der Waals surface area contributed by atoms with E-state index in [0.29, 0.717) is 17.5 Å². The van der Waals surface area contributed by atoms with Gasteiger partial charge in [0, 0.05) is 42.2 Å².